The van der Waals surface area contributed by atoms with E-state index >= 15 is 0 Å². The Kier molecular flexibility index (Phi) is 13.1. The number of nitrogens with one attached hydrogen (secondary N) is 1. The SMILES string of the molecule is CCCCCCCCCCCC(=O)N(C)CC[N+](C)(C)CC(=O)Nc1ccccc1. The Balaban J connectivity index is 2.16. The molecule has 5 heteroatoms. The number of benzene rings is 1. The van der Waals surface area contributed by atoms with Gasteiger partial charge in [0.25, 0.3) is 5.91 Å². The molecule has 1 aromatic rings. The predicted octanol–water partition coefficient (Wildman–Crippen LogP) is 5.08. The van der Waals surface area contributed by atoms with Crippen molar-refractivity contribution in [3.63, 3.8) is 0 Å². The summed E-state index contributed by atoms with van der Waals surface area (Å²) >= 11 is 0. The molecule has 0 bridgehead atoms. The fourth-order valence-electron chi connectivity index (χ4n) is 3.51. The topological polar surface area (TPSA) is 49.4 Å². The van der Waals surface area contributed by atoms with Gasteiger partial charge in [-0.1, -0.05) is 76.5 Å². The van der Waals surface area contributed by atoms with Crippen LogP contribution >= 0.6 is 0 Å². The van der Waals surface area contributed by atoms with Gasteiger partial charge in [0, 0.05) is 19.2 Å². The summed E-state index contributed by atoms with van der Waals surface area (Å²) < 4.78 is 0.550. The maximum atomic E-state index is 12.4. The summed E-state index contributed by atoms with van der Waals surface area (Å²) in [5, 5.41) is 2.93. The molecule has 1 rings (SSSR count). The second kappa shape index (κ2) is 15.0. The lowest BCUT2D eigenvalue weighted by atomic mass is 10.1. The first-order valence-corrected chi connectivity index (χ1v) is 11.7. The highest BCUT2D eigenvalue weighted by Gasteiger charge is 2.21. The average Bonchev–Trinajstić information content (AvgIpc) is 2.71. The maximum Gasteiger partial charge on any atom is 0.279 e. The molecule has 5 nitrogen and oxygen atoms in total. The third-order valence-electron chi connectivity index (χ3n) is 5.59. The van der Waals surface area contributed by atoms with Crippen LogP contribution in [0, 0.1) is 0 Å². The van der Waals surface area contributed by atoms with Crippen LogP contribution < -0.4 is 5.32 Å². The van der Waals surface area contributed by atoms with Crippen LogP contribution in [0.3, 0.4) is 0 Å². The van der Waals surface area contributed by atoms with Gasteiger partial charge in [-0.25, -0.2) is 0 Å². The van der Waals surface area contributed by atoms with Crippen LogP contribution in [-0.2, 0) is 9.59 Å². The van der Waals surface area contributed by atoms with Crippen molar-refractivity contribution in [3.8, 4) is 0 Å². The number of likely N-dealkylation sites (N-methyl/N-ethyl adjacent to an activating group) is 2. The molecule has 0 aliphatic heterocycles. The minimum atomic E-state index is -0.00475. The quantitative estimate of drug-likeness (QED) is 0.301. The number of nitrogens with zero attached hydrogens (tertiary/aromatic N) is 2. The summed E-state index contributed by atoms with van der Waals surface area (Å²) in [4.78, 5) is 26.5. The molecule has 0 radical (unpaired) electrons. The van der Waals surface area contributed by atoms with Gasteiger partial charge in [-0.3, -0.25) is 9.59 Å². The molecule has 0 aliphatic carbocycles. The molecule has 0 unspecified atom stereocenters. The van der Waals surface area contributed by atoms with Crippen molar-refractivity contribution in [1.82, 2.24) is 4.90 Å². The zero-order chi connectivity index (χ0) is 22.2. The monoisotopic (exact) mass is 418 g/mol. The number of anilines is 1. The Labute approximate surface area is 184 Å². The summed E-state index contributed by atoms with van der Waals surface area (Å²) in [6, 6.07) is 9.51. The molecule has 0 aliphatic rings. The Morgan fingerprint density at radius 1 is 0.900 bits per heavy atom. The fourth-order valence-corrected chi connectivity index (χ4v) is 3.51. The molecule has 0 spiro atoms. The number of quaternary nitrogens is 1. The fraction of sp³-hybridized carbons (Fsp3) is 0.680. The lowest BCUT2D eigenvalue weighted by molar-refractivity contribution is -0.881. The Morgan fingerprint density at radius 3 is 2.07 bits per heavy atom. The molecule has 0 fully saturated rings. The van der Waals surface area contributed by atoms with E-state index < -0.39 is 0 Å². The van der Waals surface area contributed by atoms with Crippen molar-refractivity contribution in [3.05, 3.63) is 30.3 Å². The van der Waals surface area contributed by atoms with E-state index in [9.17, 15) is 9.59 Å². The van der Waals surface area contributed by atoms with Crippen molar-refractivity contribution in [2.75, 3.05) is 46.1 Å². The molecule has 0 atom stereocenters. The summed E-state index contributed by atoms with van der Waals surface area (Å²) in [5.74, 6) is 0.210. The minimum Gasteiger partial charge on any atom is -0.340 e. The second-order valence-corrected chi connectivity index (χ2v) is 9.13. The van der Waals surface area contributed by atoms with E-state index in [2.05, 4.69) is 12.2 Å². The lowest BCUT2D eigenvalue weighted by Crippen LogP contribution is -2.49. The zero-order valence-corrected chi connectivity index (χ0v) is 19.8. The van der Waals surface area contributed by atoms with Crippen LogP contribution in [0.4, 0.5) is 5.69 Å². The third kappa shape index (κ3) is 12.6. The Bertz CT molecular complexity index is 602. The molecule has 1 aromatic carbocycles. The molecule has 0 heterocycles. The zero-order valence-electron chi connectivity index (χ0n) is 19.8. The van der Waals surface area contributed by atoms with Crippen LogP contribution in [0.15, 0.2) is 30.3 Å². The molecule has 30 heavy (non-hydrogen) atoms. The number of carbonyl (C=O) groups is 2. The standard InChI is InChI=1S/C25H43N3O2/c1-5-6-7-8-9-10-11-12-16-19-25(30)27(2)20-21-28(3,4)22-24(29)26-23-17-14-13-15-18-23/h13-15,17-18H,5-12,16,19-22H2,1-4H3/p+1. The van der Waals surface area contributed by atoms with Gasteiger partial charge in [0.05, 0.1) is 27.2 Å². The normalized spacial score (nSPS) is 11.3. The Morgan fingerprint density at radius 2 is 1.47 bits per heavy atom. The van der Waals surface area contributed by atoms with Crippen molar-refractivity contribution in [1.29, 1.82) is 0 Å². The van der Waals surface area contributed by atoms with E-state index in [1.165, 1.54) is 44.9 Å². The van der Waals surface area contributed by atoms with E-state index in [0.29, 0.717) is 24.0 Å². The highest BCUT2D eigenvalue weighted by Crippen LogP contribution is 2.11. The van der Waals surface area contributed by atoms with E-state index in [0.717, 1.165) is 25.1 Å². The van der Waals surface area contributed by atoms with Crippen molar-refractivity contribution >= 4 is 17.5 Å². The number of hydrogen-bond acceptors (Lipinski definition) is 2. The molecular weight excluding hydrogens is 374 g/mol. The smallest absolute Gasteiger partial charge is 0.279 e. The van der Waals surface area contributed by atoms with Crippen LogP contribution in [0.5, 0.6) is 0 Å². The lowest BCUT2D eigenvalue weighted by Gasteiger charge is -2.31. The van der Waals surface area contributed by atoms with Gasteiger partial charge >= 0.3 is 0 Å². The molecule has 0 aromatic heterocycles. The predicted molar refractivity (Wildman–Crippen MR) is 126 cm³/mol. The number of carbonyl (C=O) groups excluding carboxylic acids is 2. The number of hydrogen-bond donors (Lipinski definition) is 1. The van der Waals surface area contributed by atoms with Gasteiger partial charge < -0.3 is 14.7 Å². The first-order valence-electron chi connectivity index (χ1n) is 11.7. The van der Waals surface area contributed by atoms with Crippen molar-refractivity contribution in [2.24, 2.45) is 0 Å². The molecule has 1 N–H and O–H groups in total. The van der Waals surface area contributed by atoms with Crippen molar-refractivity contribution < 1.29 is 14.1 Å². The van der Waals surface area contributed by atoms with Crippen LogP contribution in [-0.4, -0.2) is 62.0 Å². The van der Waals surface area contributed by atoms with Crippen LogP contribution in [0.2, 0.25) is 0 Å². The molecule has 2 amide bonds. The molecule has 170 valence electrons. The van der Waals surface area contributed by atoms with Gasteiger partial charge in [-0.2, -0.15) is 0 Å². The van der Waals surface area contributed by atoms with Crippen LogP contribution in [0.25, 0.3) is 0 Å². The Hall–Kier alpha value is -1.88. The van der Waals surface area contributed by atoms with E-state index in [1.807, 2.05) is 56.4 Å². The second-order valence-electron chi connectivity index (χ2n) is 9.13. The highest BCUT2D eigenvalue weighted by atomic mass is 16.2. The van der Waals surface area contributed by atoms with Gasteiger partial charge in [0.15, 0.2) is 6.54 Å². The number of para-hydroxylation sites is 1. The number of unbranched alkanes of at least 4 members (excludes halogenated alkanes) is 8. The maximum absolute atomic E-state index is 12.4. The first-order chi connectivity index (χ1) is 14.3. The summed E-state index contributed by atoms with van der Waals surface area (Å²) in [6.07, 6.45) is 12.0. The van der Waals surface area contributed by atoms with Gasteiger partial charge in [0.1, 0.15) is 0 Å². The molecular formula is C25H44N3O2+. The van der Waals surface area contributed by atoms with E-state index in [4.69, 9.17) is 0 Å². The summed E-state index contributed by atoms with van der Waals surface area (Å²) in [5.41, 5.74) is 0.816. The van der Waals surface area contributed by atoms with Gasteiger partial charge in [-0.05, 0) is 18.6 Å². The number of rotatable bonds is 16. The highest BCUT2D eigenvalue weighted by molar-refractivity contribution is 5.91. The van der Waals surface area contributed by atoms with E-state index in [1.54, 1.807) is 0 Å². The van der Waals surface area contributed by atoms with Gasteiger partial charge in [0.2, 0.25) is 5.91 Å². The summed E-state index contributed by atoms with van der Waals surface area (Å²) in [6.45, 7) is 4.05. The summed E-state index contributed by atoms with van der Waals surface area (Å²) in [7, 11) is 5.94. The third-order valence-corrected chi connectivity index (χ3v) is 5.59. The van der Waals surface area contributed by atoms with Gasteiger partial charge in [-0.15, -0.1) is 0 Å². The largest absolute Gasteiger partial charge is 0.340 e. The molecule has 0 saturated carbocycles. The minimum absolute atomic E-state index is 0.00475. The first kappa shape index (κ1) is 26.2. The van der Waals surface area contributed by atoms with Crippen LogP contribution in [0.1, 0.15) is 71.1 Å². The number of amides is 2. The average molecular weight is 419 g/mol. The van der Waals surface area contributed by atoms with E-state index in [-0.39, 0.29) is 11.8 Å². The molecule has 0 saturated heterocycles. The van der Waals surface area contributed by atoms with Crippen molar-refractivity contribution in [2.45, 2.75) is 71.1 Å².